The number of benzene rings is 3. The Kier molecular flexibility index (Phi) is 4.81. The second kappa shape index (κ2) is 7.65. The number of rotatable bonds is 4. The van der Waals surface area contributed by atoms with Gasteiger partial charge in [0, 0.05) is 17.5 Å². The van der Waals surface area contributed by atoms with Gasteiger partial charge in [0.05, 0.1) is 13.0 Å². The van der Waals surface area contributed by atoms with Crippen LogP contribution in [-0.4, -0.2) is 24.3 Å². The van der Waals surface area contributed by atoms with Gasteiger partial charge < -0.3 is 19.3 Å². The first kappa shape index (κ1) is 19.5. The van der Waals surface area contributed by atoms with Crippen molar-refractivity contribution in [1.29, 1.82) is 0 Å². The summed E-state index contributed by atoms with van der Waals surface area (Å²) in [5.74, 6) is 0.955. The molecule has 2 heterocycles. The van der Waals surface area contributed by atoms with Crippen LogP contribution in [0.1, 0.15) is 40.7 Å². The number of hydrogen-bond donors (Lipinski definition) is 1. The highest BCUT2D eigenvalue weighted by atomic mass is 16.6. The van der Waals surface area contributed by atoms with Crippen molar-refractivity contribution in [2.75, 3.05) is 13.2 Å². The van der Waals surface area contributed by atoms with Gasteiger partial charge in [-0.05, 0) is 48.2 Å². The number of carboxylic acid groups (broad SMARTS) is 1. The predicted molar refractivity (Wildman–Crippen MR) is 117 cm³/mol. The zero-order chi connectivity index (χ0) is 21.5. The number of fused-ring (bicyclic) bond motifs is 2. The molecule has 0 fully saturated rings. The van der Waals surface area contributed by atoms with E-state index in [2.05, 4.69) is 50.2 Å². The van der Waals surface area contributed by atoms with E-state index in [4.69, 9.17) is 19.3 Å². The molecule has 1 unspecified atom stereocenters. The third-order valence-corrected chi connectivity index (χ3v) is 6.00. The Hall–Kier alpha value is -3.47. The molecule has 5 heteroatoms. The van der Waals surface area contributed by atoms with Crippen LogP contribution in [0.25, 0.3) is 11.1 Å². The first-order valence-electron chi connectivity index (χ1n) is 10.5. The van der Waals surface area contributed by atoms with Gasteiger partial charge in [-0.25, -0.2) is 0 Å². The number of ether oxygens (including phenoxy) is 3. The van der Waals surface area contributed by atoms with Gasteiger partial charge in [-0.1, -0.05) is 42.0 Å². The number of aliphatic carboxylic acids is 1. The molecule has 31 heavy (non-hydrogen) atoms. The molecule has 2 atom stereocenters. The zero-order valence-electron chi connectivity index (χ0n) is 17.6. The summed E-state index contributed by atoms with van der Waals surface area (Å²) in [4.78, 5) is 11.1. The molecule has 3 aromatic carbocycles. The van der Waals surface area contributed by atoms with Crippen LogP contribution in [0.4, 0.5) is 0 Å². The smallest absolute Gasteiger partial charge is 0.304 e. The highest BCUT2D eigenvalue weighted by Crippen LogP contribution is 2.46. The average Bonchev–Trinajstić information content (AvgIpc) is 3.14. The molecule has 0 aromatic heterocycles. The third kappa shape index (κ3) is 3.72. The van der Waals surface area contributed by atoms with Gasteiger partial charge in [0.25, 0.3) is 0 Å². The monoisotopic (exact) mass is 416 g/mol. The largest absolute Gasteiger partial charge is 0.492 e. The predicted octanol–water partition coefficient (Wildman–Crippen LogP) is 5.43. The Labute approximate surface area is 181 Å². The molecule has 0 saturated heterocycles. The highest BCUT2D eigenvalue weighted by molar-refractivity contribution is 5.70. The normalized spacial score (nSPS) is 18.9. The van der Waals surface area contributed by atoms with Crippen LogP contribution in [0.2, 0.25) is 0 Å². The Morgan fingerprint density at radius 2 is 1.81 bits per heavy atom. The molecule has 0 radical (unpaired) electrons. The van der Waals surface area contributed by atoms with E-state index in [0.717, 1.165) is 16.7 Å². The maximum atomic E-state index is 11.1. The molecule has 1 N–H and O–H groups in total. The van der Waals surface area contributed by atoms with Gasteiger partial charge in [0.1, 0.15) is 12.4 Å². The van der Waals surface area contributed by atoms with Gasteiger partial charge >= 0.3 is 5.97 Å². The maximum Gasteiger partial charge on any atom is 0.304 e. The molecular formula is C26H24O5. The van der Waals surface area contributed by atoms with Gasteiger partial charge in [-0.15, -0.1) is 0 Å². The van der Waals surface area contributed by atoms with Crippen molar-refractivity contribution in [2.45, 2.75) is 32.3 Å². The SMILES string of the molecule is Cc1ccc(C)c(-c2cccc(C3COc4cc5c(cc4O3)OC[C@H]5CC(=O)O)c2)c1. The van der Waals surface area contributed by atoms with Crippen molar-refractivity contribution in [2.24, 2.45) is 0 Å². The summed E-state index contributed by atoms with van der Waals surface area (Å²) >= 11 is 0. The lowest BCUT2D eigenvalue weighted by Gasteiger charge is -2.27. The molecule has 2 aliphatic rings. The third-order valence-electron chi connectivity index (χ3n) is 6.00. The van der Waals surface area contributed by atoms with Crippen LogP contribution in [0.15, 0.2) is 54.6 Å². The highest BCUT2D eigenvalue weighted by Gasteiger charge is 2.31. The van der Waals surface area contributed by atoms with Crippen LogP contribution >= 0.6 is 0 Å². The van der Waals surface area contributed by atoms with E-state index in [0.29, 0.717) is 30.5 Å². The topological polar surface area (TPSA) is 65.0 Å². The lowest BCUT2D eigenvalue weighted by atomic mass is 9.95. The first-order valence-corrected chi connectivity index (χ1v) is 10.5. The van der Waals surface area contributed by atoms with Crippen molar-refractivity contribution in [3.8, 4) is 28.4 Å². The van der Waals surface area contributed by atoms with E-state index in [9.17, 15) is 4.79 Å². The second-order valence-corrected chi connectivity index (χ2v) is 8.30. The van der Waals surface area contributed by atoms with Crippen molar-refractivity contribution in [1.82, 2.24) is 0 Å². The van der Waals surface area contributed by atoms with E-state index >= 15 is 0 Å². The molecule has 0 amide bonds. The Balaban J connectivity index is 1.42. The van der Waals surface area contributed by atoms with E-state index in [1.807, 2.05) is 18.2 Å². The molecule has 5 nitrogen and oxygen atoms in total. The van der Waals surface area contributed by atoms with Crippen LogP contribution in [-0.2, 0) is 4.79 Å². The minimum Gasteiger partial charge on any atom is -0.492 e. The lowest BCUT2D eigenvalue weighted by Crippen LogP contribution is -2.21. The molecule has 5 rings (SSSR count). The average molecular weight is 416 g/mol. The Morgan fingerprint density at radius 3 is 2.65 bits per heavy atom. The van der Waals surface area contributed by atoms with E-state index in [1.165, 1.54) is 16.7 Å². The van der Waals surface area contributed by atoms with Crippen LogP contribution in [0.5, 0.6) is 17.2 Å². The number of carboxylic acids is 1. The van der Waals surface area contributed by atoms with Gasteiger partial charge in [-0.3, -0.25) is 4.79 Å². The molecule has 0 spiro atoms. The van der Waals surface area contributed by atoms with Crippen LogP contribution in [0, 0.1) is 13.8 Å². The minimum absolute atomic E-state index is 0.0421. The minimum atomic E-state index is -0.833. The zero-order valence-corrected chi connectivity index (χ0v) is 17.6. The number of aryl methyl sites for hydroxylation is 2. The summed E-state index contributed by atoms with van der Waals surface area (Å²) in [6, 6.07) is 18.6. The fraction of sp³-hybridized carbons (Fsp3) is 0.269. The lowest BCUT2D eigenvalue weighted by molar-refractivity contribution is -0.137. The molecular weight excluding hydrogens is 392 g/mol. The fourth-order valence-electron chi connectivity index (χ4n) is 4.34. The second-order valence-electron chi connectivity index (χ2n) is 8.30. The summed E-state index contributed by atoms with van der Waals surface area (Å²) in [6.45, 7) is 4.98. The Bertz CT molecular complexity index is 1170. The van der Waals surface area contributed by atoms with Gasteiger partial charge in [0.15, 0.2) is 17.6 Å². The molecule has 0 bridgehead atoms. The van der Waals surface area contributed by atoms with E-state index < -0.39 is 5.97 Å². The number of hydrogen-bond acceptors (Lipinski definition) is 4. The Morgan fingerprint density at radius 1 is 0.968 bits per heavy atom. The number of carbonyl (C=O) groups is 1. The van der Waals surface area contributed by atoms with E-state index in [1.54, 1.807) is 0 Å². The van der Waals surface area contributed by atoms with Crippen molar-refractivity contribution in [3.63, 3.8) is 0 Å². The maximum absolute atomic E-state index is 11.1. The molecule has 2 aliphatic heterocycles. The van der Waals surface area contributed by atoms with Crippen LogP contribution < -0.4 is 14.2 Å². The summed E-state index contributed by atoms with van der Waals surface area (Å²) in [6.07, 6.45) is -0.188. The molecule has 0 saturated carbocycles. The summed E-state index contributed by atoms with van der Waals surface area (Å²) in [7, 11) is 0. The van der Waals surface area contributed by atoms with Gasteiger partial charge in [0.2, 0.25) is 0 Å². The molecule has 158 valence electrons. The van der Waals surface area contributed by atoms with Crippen LogP contribution in [0.3, 0.4) is 0 Å². The summed E-state index contributed by atoms with van der Waals surface area (Å²) < 4.78 is 18.0. The fourth-order valence-corrected chi connectivity index (χ4v) is 4.34. The first-order chi connectivity index (χ1) is 15.0. The van der Waals surface area contributed by atoms with Crippen molar-refractivity contribution < 1.29 is 24.1 Å². The van der Waals surface area contributed by atoms with E-state index in [-0.39, 0.29) is 18.4 Å². The summed E-state index contributed by atoms with van der Waals surface area (Å²) in [5.41, 5.74) is 6.76. The molecule has 3 aromatic rings. The summed E-state index contributed by atoms with van der Waals surface area (Å²) in [5, 5.41) is 9.12. The quantitative estimate of drug-likeness (QED) is 0.614. The molecule has 0 aliphatic carbocycles. The standard InChI is InChI=1S/C26H24O5/c1-15-6-7-16(2)20(8-15)17-4-3-5-18(9-17)25-14-30-23-11-21-19(10-26(27)28)13-29-22(21)12-24(23)31-25/h3-9,11-12,19,25H,10,13-14H2,1-2H3,(H,27,28)/t19-,25?/m1/s1. The van der Waals surface area contributed by atoms with Crippen molar-refractivity contribution >= 4 is 5.97 Å². The van der Waals surface area contributed by atoms with Gasteiger partial charge in [-0.2, -0.15) is 0 Å². The van der Waals surface area contributed by atoms with Crippen molar-refractivity contribution in [3.05, 3.63) is 76.9 Å².